The monoisotopic (exact) mass is 248 g/mol. The molecule has 1 aliphatic carbocycles. The van der Waals surface area contributed by atoms with Crippen molar-refractivity contribution in [3.05, 3.63) is 22.9 Å². The third-order valence-electron chi connectivity index (χ3n) is 3.53. The van der Waals surface area contributed by atoms with Crippen LogP contribution in [0.15, 0.2) is 27.9 Å². The van der Waals surface area contributed by atoms with Crippen LogP contribution in [0.4, 0.5) is 0 Å². The van der Waals surface area contributed by atoms with E-state index in [1.807, 2.05) is 0 Å². The number of ketones is 1. The lowest BCUT2D eigenvalue weighted by atomic mass is 10.0. The Bertz CT molecular complexity index is 433. The van der Waals surface area contributed by atoms with E-state index in [-0.39, 0.29) is 18.4 Å². The molecule has 0 saturated heterocycles. The zero-order chi connectivity index (χ0) is 13.1. The van der Waals surface area contributed by atoms with Crippen molar-refractivity contribution in [2.24, 2.45) is 10.9 Å². The molecule has 1 heterocycles. The normalized spacial score (nSPS) is 20.4. The van der Waals surface area contributed by atoms with Crippen molar-refractivity contribution in [3.8, 4) is 0 Å². The van der Waals surface area contributed by atoms with Crippen LogP contribution < -0.4 is 5.32 Å². The third kappa shape index (κ3) is 2.60. The number of carbonyl (C=O) groups excluding carboxylic acids is 1. The predicted octanol–water partition coefficient (Wildman–Crippen LogP) is 1.22. The molecule has 2 N–H and O–H groups in total. The smallest absolute Gasteiger partial charge is 0.166 e. The minimum atomic E-state index is 0.0822. The average Bonchev–Trinajstić information content (AvgIpc) is 2.74. The lowest BCUT2D eigenvalue weighted by Crippen LogP contribution is -2.38. The molecular formula is C14H20N2O2. The van der Waals surface area contributed by atoms with Crippen molar-refractivity contribution < 1.29 is 9.90 Å². The van der Waals surface area contributed by atoms with Crippen molar-refractivity contribution >= 4 is 12.0 Å². The van der Waals surface area contributed by atoms with E-state index in [1.165, 1.54) is 0 Å². The van der Waals surface area contributed by atoms with Gasteiger partial charge in [-0.05, 0) is 17.9 Å². The molecule has 0 unspecified atom stereocenters. The molecule has 0 saturated carbocycles. The fourth-order valence-corrected chi connectivity index (χ4v) is 2.27. The van der Waals surface area contributed by atoms with Gasteiger partial charge in [-0.1, -0.05) is 19.9 Å². The lowest BCUT2D eigenvalue weighted by molar-refractivity contribution is -0.114. The summed E-state index contributed by atoms with van der Waals surface area (Å²) in [4.78, 5) is 16.0. The number of nitrogens with one attached hydrogen (secondary N) is 1. The van der Waals surface area contributed by atoms with Crippen LogP contribution in [0.25, 0.3) is 0 Å². The second-order valence-electron chi connectivity index (χ2n) is 5.11. The van der Waals surface area contributed by atoms with Gasteiger partial charge in [-0.15, -0.1) is 0 Å². The Kier molecular flexibility index (Phi) is 4.09. The van der Waals surface area contributed by atoms with Gasteiger partial charge in [0.15, 0.2) is 5.78 Å². The molecule has 1 atom stereocenters. The largest absolute Gasteiger partial charge is 0.395 e. The molecule has 0 bridgehead atoms. The molecule has 0 spiro atoms. The Morgan fingerprint density at radius 1 is 1.44 bits per heavy atom. The molecule has 0 fully saturated rings. The molecule has 4 heteroatoms. The molecular weight excluding hydrogens is 228 g/mol. The molecule has 98 valence electrons. The molecule has 0 aromatic carbocycles. The Hall–Kier alpha value is -1.26. The maximum absolute atomic E-state index is 11.7. The fraction of sp³-hybridized carbons (Fsp3) is 0.571. The van der Waals surface area contributed by atoms with E-state index in [0.717, 1.165) is 16.8 Å². The zero-order valence-corrected chi connectivity index (χ0v) is 10.9. The van der Waals surface area contributed by atoms with E-state index in [2.05, 4.69) is 30.2 Å². The first-order chi connectivity index (χ1) is 8.63. The summed E-state index contributed by atoms with van der Waals surface area (Å²) in [6.07, 6.45) is 4.88. The van der Waals surface area contributed by atoms with Crippen LogP contribution in [-0.4, -0.2) is 36.3 Å². The standard InChI is InChI=1S/C14H20N2O2/c1-9(2)12(8-17)16-7-10-3-4-11-13(18)5-6-15-14(10)11/h3,6,9,12,16-17H,4-5,7-8H2,1-2H3/t12-/m0/s1. The number of rotatable bonds is 5. The molecule has 4 nitrogen and oxygen atoms in total. The van der Waals surface area contributed by atoms with Gasteiger partial charge in [-0.25, -0.2) is 0 Å². The van der Waals surface area contributed by atoms with Gasteiger partial charge in [0.05, 0.1) is 12.3 Å². The lowest BCUT2D eigenvalue weighted by Gasteiger charge is -2.20. The summed E-state index contributed by atoms with van der Waals surface area (Å²) in [7, 11) is 0. The third-order valence-corrected chi connectivity index (χ3v) is 3.53. The van der Waals surface area contributed by atoms with Crippen LogP contribution in [0.5, 0.6) is 0 Å². The number of nitrogens with zero attached hydrogens (tertiary/aromatic N) is 1. The van der Waals surface area contributed by atoms with Crippen molar-refractivity contribution in [3.63, 3.8) is 0 Å². The molecule has 1 aliphatic heterocycles. The Morgan fingerprint density at radius 2 is 2.22 bits per heavy atom. The number of aliphatic imine (C=N–C) groups is 1. The highest BCUT2D eigenvalue weighted by Crippen LogP contribution is 2.30. The van der Waals surface area contributed by atoms with Gasteiger partial charge < -0.3 is 10.4 Å². The van der Waals surface area contributed by atoms with Crippen LogP contribution >= 0.6 is 0 Å². The summed E-state index contributed by atoms with van der Waals surface area (Å²) in [6, 6.07) is 0.0822. The number of aliphatic hydroxyl groups is 1. The fourth-order valence-electron chi connectivity index (χ4n) is 2.27. The first-order valence-corrected chi connectivity index (χ1v) is 6.46. The number of carbonyl (C=O) groups is 1. The van der Waals surface area contributed by atoms with E-state index in [1.54, 1.807) is 6.21 Å². The molecule has 0 radical (unpaired) electrons. The second-order valence-corrected chi connectivity index (χ2v) is 5.11. The summed E-state index contributed by atoms with van der Waals surface area (Å²) >= 11 is 0. The molecule has 2 rings (SSSR count). The highest BCUT2D eigenvalue weighted by molar-refractivity contribution is 6.07. The van der Waals surface area contributed by atoms with Gasteiger partial charge in [0.1, 0.15) is 0 Å². The van der Waals surface area contributed by atoms with Gasteiger partial charge in [0.2, 0.25) is 0 Å². The summed E-state index contributed by atoms with van der Waals surface area (Å²) in [5, 5.41) is 12.6. The maximum Gasteiger partial charge on any atom is 0.166 e. The van der Waals surface area contributed by atoms with Crippen molar-refractivity contribution in [2.75, 3.05) is 13.2 Å². The second kappa shape index (κ2) is 5.59. The van der Waals surface area contributed by atoms with Gasteiger partial charge >= 0.3 is 0 Å². The molecule has 0 aromatic heterocycles. The predicted molar refractivity (Wildman–Crippen MR) is 71.6 cm³/mol. The zero-order valence-electron chi connectivity index (χ0n) is 10.9. The highest BCUT2D eigenvalue weighted by atomic mass is 16.3. The number of hydrogen-bond donors (Lipinski definition) is 2. The van der Waals surface area contributed by atoms with Gasteiger partial charge in [0.25, 0.3) is 0 Å². The van der Waals surface area contributed by atoms with Crippen LogP contribution in [-0.2, 0) is 4.79 Å². The number of allylic oxidation sites excluding steroid dienone is 2. The minimum Gasteiger partial charge on any atom is -0.395 e. The topological polar surface area (TPSA) is 61.7 Å². The number of Topliss-reactive ketones (excluding diaryl/α,β-unsaturated/α-hetero) is 1. The Labute approximate surface area is 107 Å². The number of hydrogen-bond acceptors (Lipinski definition) is 4. The first-order valence-electron chi connectivity index (χ1n) is 6.46. The summed E-state index contributed by atoms with van der Waals surface area (Å²) in [6.45, 7) is 4.93. The Balaban J connectivity index is 1.99. The van der Waals surface area contributed by atoms with Crippen LogP contribution in [0.3, 0.4) is 0 Å². The van der Waals surface area contributed by atoms with Crippen molar-refractivity contribution in [2.45, 2.75) is 32.7 Å². The van der Waals surface area contributed by atoms with E-state index in [4.69, 9.17) is 0 Å². The van der Waals surface area contributed by atoms with E-state index in [0.29, 0.717) is 25.3 Å². The van der Waals surface area contributed by atoms with E-state index >= 15 is 0 Å². The summed E-state index contributed by atoms with van der Waals surface area (Å²) in [5.41, 5.74) is 2.77. The minimum absolute atomic E-state index is 0.0822. The van der Waals surface area contributed by atoms with E-state index < -0.39 is 0 Å². The molecule has 18 heavy (non-hydrogen) atoms. The van der Waals surface area contributed by atoms with Crippen LogP contribution in [0.1, 0.15) is 26.7 Å². The molecule has 0 aromatic rings. The Morgan fingerprint density at radius 3 is 2.89 bits per heavy atom. The SMILES string of the molecule is CC(C)[C@H](CO)NCC1=CCC2=C1N=CCC2=O. The van der Waals surface area contributed by atoms with E-state index in [9.17, 15) is 9.90 Å². The summed E-state index contributed by atoms with van der Waals surface area (Å²) in [5.74, 6) is 0.566. The highest BCUT2D eigenvalue weighted by Gasteiger charge is 2.25. The molecule has 0 amide bonds. The first kappa shape index (κ1) is 13.2. The van der Waals surface area contributed by atoms with Gasteiger partial charge in [-0.2, -0.15) is 0 Å². The quantitative estimate of drug-likeness (QED) is 0.769. The van der Waals surface area contributed by atoms with Crippen molar-refractivity contribution in [1.29, 1.82) is 0 Å². The van der Waals surface area contributed by atoms with Gasteiger partial charge in [-0.3, -0.25) is 9.79 Å². The maximum atomic E-state index is 11.7. The average molecular weight is 248 g/mol. The van der Waals surface area contributed by atoms with Crippen LogP contribution in [0, 0.1) is 5.92 Å². The van der Waals surface area contributed by atoms with Crippen LogP contribution in [0.2, 0.25) is 0 Å². The summed E-state index contributed by atoms with van der Waals surface area (Å²) < 4.78 is 0. The number of aliphatic hydroxyl groups excluding tert-OH is 1. The molecule has 2 aliphatic rings. The van der Waals surface area contributed by atoms with Crippen molar-refractivity contribution in [1.82, 2.24) is 5.32 Å². The van der Waals surface area contributed by atoms with Gasteiger partial charge in [0, 0.05) is 30.8 Å².